The Kier molecular flexibility index (Phi) is 7.06. The monoisotopic (exact) mass is 249 g/mol. The minimum absolute atomic E-state index is 0.468. The molecular weight excluding hydrogens is 226 g/mol. The molecule has 0 aliphatic carbocycles. The highest BCUT2D eigenvalue weighted by Gasteiger charge is 2.07. The molecule has 0 fully saturated rings. The van der Waals surface area contributed by atoms with Gasteiger partial charge in [0.2, 0.25) is 0 Å². The molecule has 0 heterocycles. The zero-order chi connectivity index (χ0) is 12.5. The first-order valence-electron chi connectivity index (χ1n) is 6.32. The summed E-state index contributed by atoms with van der Waals surface area (Å²) in [5.74, 6) is 1.13. The summed E-state index contributed by atoms with van der Waals surface area (Å²) in [5, 5.41) is 3.39. The molecule has 1 N–H and O–H groups in total. The Morgan fingerprint density at radius 3 is 2.59 bits per heavy atom. The standard InChI is InChI=1S/C15H23NS/c1-4-6-7-8-15(16-3)13-9-11-14(12-10-13)17-5-2/h4,9-12,15-16H,1,5-8H2,2-3H3. The van der Waals surface area contributed by atoms with Crippen molar-refractivity contribution in [3.8, 4) is 0 Å². The number of allylic oxidation sites excluding steroid dienone is 1. The lowest BCUT2D eigenvalue weighted by atomic mass is 10.0. The lowest BCUT2D eigenvalue weighted by molar-refractivity contribution is 0.530. The van der Waals surface area contributed by atoms with Gasteiger partial charge in [-0.15, -0.1) is 18.3 Å². The van der Waals surface area contributed by atoms with Crippen LogP contribution in [0.4, 0.5) is 0 Å². The third kappa shape index (κ3) is 4.97. The Labute approximate surface area is 110 Å². The summed E-state index contributed by atoms with van der Waals surface area (Å²) >= 11 is 1.89. The van der Waals surface area contributed by atoms with E-state index in [0.717, 1.165) is 12.2 Å². The number of rotatable bonds is 8. The lowest BCUT2D eigenvalue weighted by Gasteiger charge is -2.16. The van der Waals surface area contributed by atoms with E-state index >= 15 is 0 Å². The number of unbranched alkanes of at least 4 members (excludes halogenated alkanes) is 1. The Morgan fingerprint density at radius 1 is 1.35 bits per heavy atom. The second kappa shape index (κ2) is 8.37. The predicted octanol–water partition coefficient (Wildman–Crippen LogP) is 4.42. The predicted molar refractivity (Wildman–Crippen MR) is 78.7 cm³/mol. The van der Waals surface area contributed by atoms with Gasteiger partial charge in [-0.1, -0.05) is 25.1 Å². The van der Waals surface area contributed by atoms with Crippen LogP contribution in [0.15, 0.2) is 41.8 Å². The Morgan fingerprint density at radius 2 is 2.06 bits per heavy atom. The number of thioether (sulfide) groups is 1. The Bertz CT molecular complexity index is 318. The van der Waals surface area contributed by atoms with Crippen LogP contribution in [-0.4, -0.2) is 12.8 Å². The molecule has 0 aromatic heterocycles. The van der Waals surface area contributed by atoms with Gasteiger partial charge >= 0.3 is 0 Å². The van der Waals surface area contributed by atoms with Crippen LogP contribution >= 0.6 is 11.8 Å². The first-order valence-corrected chi connectivity index (χ1v) is 7.31. The van der Waals surface area contributed by atoms with Gasteiger partial charge in [0.1, 0.15) is 0 Å². The molecule has 2 heteroatoms. The number of hydrogen-bond acceptors (Lipinski definition) is 2. The van der Waals surface area contributed by atoms with E-state index in [9.17, 15) is 0 Å². The van der Waals surface area contributed by atoms with Gasteiger partial charge in [-0.25, -0.2) is 0 Å². The molecule has 1 aromatic rings. The van der Waals surface area contributed by atoms with Crippen molar-refractivity contribution in [1.82, 2.24) is 5.32 Å². The molecule has 0 spiro atoms. The molecular formula is C15H23NS. The largest absolute Gasteiger partial charge is 0.313 e. The normalized spacial score (nSPS) is 12.4. The molecule has 0 saturated heterocycles. The van der Waals surface area contributed by atoms with Crippen LogP contribution in [0.2, 0.25) is 0 Å². The molecule has 0 aliphatic rings. The van der Waals surface area contributed by atoms with Gasteiger partial charge in [-0.2, -0.15) is 0 Å². The fraction of sp³-hybridized carbons (Fsp3) is 0.467. The molecule has 1 unspecified atom stereocenters. The minimum Gasteiger partial charge on any atom is -0.313 e. The first kappa shape index (κ1) is 14.3. The van der Waals surface area contributed by atoms with Gasteiger partial charge in [0.25, 0.3) is 0 Å². The van der Waals surface area contributed by atoms with Gasteiger partial charge in [0, 0.05) is 10.9 Å². The van der Waals surface area contributed by atoms with Crippen LogP contribution in [0.3, 0.4) is 0 Å². The second-order valence-corrected chi connectivity index (χ2v) is 5.40. The number of benzene rings is 1. The summed E-state index contributed by atoms with van der Waals surface area (Å²) in [5.41, 5.74) is 1.39. The molecule has 1 atom stereocenters. The third-order valence-corrected chi connectivity index (χ3v) is 3.74. The molecule has 1 nitrogen and oxygen atoms in total. The van der Waals surface area contributed by atoms with Crippen molar-refractivity contribution in [2.75, 3.05) is 12.8 Å². The van der Waals surface area contributed by atoms with Crippen molar-refractivity contribution in [3.05, 3.63) is 42.5 Å². The van der Waals surface area contributed by atoms with Crippen molar-refractivity contribution in [2.45, 2.75) is 37.1 Å². The van der Waals surface area contributed by atoms with E-state index in [0.29, 0.717) is 6.04 Å². The Hall–Kier alpha value is -0.730. The molecule has 0 saturated carbocycles. The molecule has 0 aliphatic heterocycles. The first-order chi connectivity index (χ1) is 8.31. The highest BCUT2D eigenvalue weighted by molar-refractivity contribution is 7.99. The molecule has 1 aromatic carbocycles. The topological polar surface area (TPSA) is 12.0 Å². The quantitative estimate of drug-likeness (QED) is 0.416. The van der Waals surface area contributed by atoms with E-state index in [4.69, 9.17) is 0 Å². The van der Waals surface area contributed by atoms with Crippen molar-refractivity contribution >= 4 is 11.8 Å². The molecule has 17 heavy (non-hydrogen) atoms. The highest BCUT2D eigenvalue weighted by Crippen LogP contribution is 2.23. The zero-order valence-electron chi connectivity index (χ0n) is 10.9. The van der Waals surface area contributed by atoms with Gasteiger partial charge in [-0.3, -0.25) is 0 Å². The summed E-state index contributed by atoms with van der Waals surface area (Å²) in [6, 6.07) is 9.40. The van der Waals surface area contributed by atoms with E-state index in [2.05, 4.69) is 43.1 Å². The minimum atomic E-state index is 0.468. The molecule has 1 rings (SSSR count). The van der Waals surface area contributed by atoms with E-state index in [-0.39, 0.29) is 0 Å². The van der Waals surface area contributed by atoms with Gasteiger partial charge < -0.3 is 5.32 Å². The summed E-state index contributed by atoms with van der Waals surface area (Å²) in [6.45, 7) is 5.95. The van der Waals surface area contributed by atoms with Crippen molar-refractivity contribution in [1.29, 1.82) is 0 Å². The maximum absolute atomic E-state index is 3.77. The molecule has 0 bridgehead atoms. The SMILES string of the molecule is C=CCCCC(NC)c1ccc(SCC)cc1. The number of nitrogens with one attached hydrogen (secondary N) is 1. The van der Waals surface area contributed by atoms with Crippen molar-refractivity contribution in [3.63, 3.8) is 0 Å². The second-order valence-electron chi connectivity index (χ2n) is 4.06. The fourth-order valence-corrected chi connectivity index (χ4v) is 2.57. The summed E-state index contributed by atoms with van der Waals surface area (Å²) in [4.78, 5) is 1.36. The van der Waals surface area contributed by atoms with E-state index in [1.54, 1.807) is 0 Å². The molecule has 94 valence electrons. The van der Waals surface area contributed by atoms with Crippen LogP contribution in [0.25, 0.3) is 0 Å². The average molecular weight is 249 g/mol. The van der Waals surface area contributed by atoms with Gasteiger partial charge in [0.15, 0.2) is 0 Å². The van der Waals surface area contributed by atoms with Gasteiger partial charge in [-0.05, 0) is 49.8 Å². The van der Waals surface area contributed by atoms with Crippen LogP contribution in [0.1, 0.15) is 37.8 Å². The summed E-state index contributed by atoms with van der Waals surface area (Å²) in [6.07, 6.45) is 5.46. The highest BCUT2D eigenvalue weighted by atomic mass is 32.2. The third-order valence-electron chi connectivity index (χ3n) is 2.84. The maximum Gasteiger partial charge on any atom is 0.0317 e. The van der Waals surface area contributed by atoms with Gasteiger partial charge in [0.05, 0.1) is 0 Å². The molecule has 0 radical (unpaired) electrons. The Balaban J connectivity index is 2.58. The lowest BCUT2D eigenvalue weighted by Crippen LogP contribution is -2.16. The van der Waals surface area contributed by atoms with E-state index in [1.165, 1.54) is 23.3 Å². The average Bonchev–Trinajstić information content (AvgIpc) is 2.36. The van der Waals surface area contributed by atoms with Crippen LogP contribution < -0.4 is 5.32 Å². The summed E-state index contributed by atoms with van der Waals surface area (Å²) in [7, 11) is 2.04. The van der Waals surface area contributed by atoms with E-state index < -0.39 is 0 Å². The van der Waals surface area contributed by atoms with Crippen LogP contribution in [0, 0.1) is 0 Å². The summed E-state index contributed by atoms with van der Waals surface area (Å²) < 4.78 is 0. The van der Waals surface area contributed by atoms with E-state index in [1.807, 2.05) is 24.9 Å². The maximum atomic E-state index is 3.77. The van der Waals surface area contributed by atoms with Crippen molar-refractivity contribution in [2.24, 2.45) is 0 Å². The van der Waals surface area contributed by atoms with Crippen molar-refractivity contribution < 1.29 is 0 Å². The number of hydrogen-bond donors (Lipinski definition) is 1. The fourth-order valence-electron chi connectivity index (χ4n) is 1.91. The molecule has 0 amide bonds. The van der Waals surface area contributed by atoms with Crippen LogP contribution in [0.5, 0.6) is 0 Å². The van der Waals surface area contributed by atoms with Crippen LogP contribution in [-0.2, 0) is 0 Å². The smallest absolute Gasteiger partial charge is 0.0317 e. The zero-order valence-corrected chi connectivity index (χ0v) is 11.7.